The van der Waals surface area contributed by atoms with Gasteiger partial charge in [-0.1, -0.05) is 11.2 Å². The van der Waals surface area contributed by atoms with Gasteiger partial charge in [-0.15, -0.1) is 0 Å². The van der Waals surface area contributed by atoms with Crippen LogP contribution in [0.15, 0.2) is 41.4 Å². The van der Waals surface area contributed by atoms with Crippen molar-refractivity contribution < 1.29 is 8.91 Å². The van der Waals surface area contributed by atoms with Crippen molar-refractivity contribution in [2.24, 2.45) is 0 Å². The van der Waals surface area contributed by atoms with Crippen LogP contribution in [0.5, 0.6) is 0 Å². The molecule has 2 aromatic heterocycles. The molecule has 0 amide bonds. The molecule has 18 heavy (non-hydrogen) atoms. The third-order valence-corrected chi connectivity index (χ3v) is 2.44. The highest BCUT2D eigenvalue weighted by atomic mass is 19.1. The molecule has 0 fully saturated rings. The molecule has 2 N–H and O–H groups in total. The van der Waals surface area contributed by atoms with Gasteiger partial charge < -0.3 is 10.3 Å². The minimum atomic E-state index is -0.431. The predicted molar refractivity (Wildman–Crippen MR) is 61.2 cm³/mol. The Morgan fingerprint density at radius 1 is 1.28 bits per heavy atom. The summed E-state index contributed by atoms with van der Waals surface area (Å²) in [6.45, 7) is 0. The van der Waals surface area contributed by atoms with Crippen LogP contribution in [0.25, 0.3) is 16.9 Å². The standard InChI is InChI=1S/C11H8FN5O/c12-8-3-7(9-4-11(13)18-16-9)1-2-10(8)17-6-14-5-15-17/h1-6H,13H2. The van der Waals surface area contributed by atoms with Crippen molar-refractivity contribution in [3.05, 3.63) is 42.7 Å². The Bertz CT molecular complexity index is 677. The van der Waals surface area contributed by atoms with Crippen molar-refractivity contribution in [1.82, 2.24) is 19.9 Å². The fourth-order valence-electron chi connectivity index (χ4n) is 1.61. The third-order valence-electron chi connectivity index (χ3n) is 2.44. The van der Waals surface area contributed by atoms with Gasteiger partial charge in [0.05, 0.1) is 0 Å². The van der Waals surface area contributed by atoms with Crippen LogP contribution in [0.3, 0.4) is 0 Å². The Kier molecular flexibility index (Phi) is 2.30. The van der Waals surface area contributed by atoms with Gasteiger partial charge in [-0.25, -0.2) is 14.1 Å². The molecule has 0 aliphatic carbocycles. The quantitative estimate of drug-likeness (QED) is 0.742. The lowest BCUT2D eigenvalue weighted by atomic mass is 10.1. The Morgan fingerprint density at radius 2 is 2.17 bits per heavy atom. The number of hydrogen-bond donors (Lipinski definition) is 1. The molecule has 0 aliphatic rings. The van der Waals surface area contributed by atoms with Gasteiger partial charge in [0.25, 0.3) is 0 Å². The van der Waals surface area contributed by atoms with Gasteiger partial charge in [-0.3, -0.25) is 0 Å². The lowest BCUT2D eigenvalue weighted by molar-refractivity contribution is 0.439. The molecule has 0 atom stereocenters. The second kappa shape index (κ2) is 3.95. The van der Waals surface area contributed by atoms with E-state index in [4.69, 9.17) is 10.3 Å². The van der Waals surface area contributed by atoms with E-state index in [2.05, 4.69) is 15.2 Å². The van der Waals surface area contributed by atoms with E-state index in [9.17, 15) is 4.39 Å². The van der Waals surface area contributed by atoms with E-state index in [1.54, 1.807) is 12.1 Å². The van der Waals surface area contributed by atoms with Crippen molar-refractivity contribution in [2.45, 2.75) is 0 Å². The van der Waals surface area contributed by atoms with Gasteiger partial charge in [0, 0.05) is 11.6 Å². The summed E-state index contributed by atoms with van der Waals surface area (Å²) in [6.07, 6.45) is 2.76. The molecule has 0 bridgehead atoms. The van der Waals surface area contributed by atoms with Crippen LogP contribution in [0.4, 0.5) is 10.3 Å². The second-order valence-corrected chi connectivity index (χ2v) is 3.62. The number of aromatic nitrogens is 4. The zero-order chi connectivity index (χ0) is 12.5. The maximum atomic E-state index is 13.9. The van der Waals surface area contributed by atoms with Crippen molar-refractivity contribution in [3.63, 3.8) is 0 Å². The monoisotopic (exact) mass is 245 g/mol. The Hall–Kier alpha value is -2.70. The summed E-state index contributed by atoms with van der Waals surface area (Å²) in [4.78, 5) is 3.76. The van der Waals surface area contributed by atoms with Gasteiger partial charge in [-0.2, -0.15) is 5.10 Å². The number of nitrogens with two attached hydrogens (primary N) is 1. The molecule has 0 saturated carbocycles. The van der Waals surface area contributed by atoms with Crippen LogP contribution in [-0.2, 0) is 0 Å². The number of hydrogen-bond acceptors (Lipinski definition) is 5. The Labute approximate surface area is 101 Å². The van der Waals surface area contributed by atoms with E-state index in [1.807, 2.05) is 0 Å². The van der Waals surface area contributed by atoms with Gasteiger partial charge in [-0.05, 0) is 12.1 Å². The van der Waals surface area contributed by atoms with E-state index in [1.165, 1.54) is 29.5 Å². The van der Waals surface area contributed by atoms with Crippen molar-refractivity contribution >= 4 is 5.88 Å². The van der Waals surface area contributed by atoms with Gasteiger partial charge in [0.15, 0.2) is 0 Å². The van der Waals surface area contributed by atoms with E-state index < -0.39 is 5.82 Å². The van der Waals surface area contributed by atoms with E-state index in [0.29, 0.717) is 16.9 Å². The molecular weight excluding hydrogens is 237 g/mol. The zero-order valence-corrected chi connectivity index (χ0v) is 9.12. The fourth-order valence-corrected chi connectivity index (χ4v) is 1.61. The summed E-state index contributed by atoms with van der Waals surface area (Å²) in [5, 5.41) is 7.58. The molecule has 90 valence electrons. The van der Waals surface area contributed by atoms with Gasteiger partial charge in [0.1, 0.15) is 29.9 Å². The minimum Gasteiger partial charge on any atom is -0.368 e. The van der Waals surface area contributed by atoms with E-state index >= 15 is 0 Å². The number of nitrogen functional groups attached to an aromatic ring is 1. The predicted octanol–water partition coefficient (Wildman–Crippen LogP) is 1.64. The van der Waals surface area contributed by atoms with Crippen molar-refractivity contribution in [1.29, 1.82) is 0 Å². The highest BCUT2D eigenvalue weighted by Gasteiger charge is 2.10. The molecule has 3 aromatic rings. The van der Waals surface area contributed by atoms with Gasteiger partial charge >= 0.3 is 0 Å². The number of rotatable bonds is 2. The van der Waals surface area contributed by atoms with Gasteiger partial charge in [0.2, 0.25) is 5.88 Å². The topological polar surface area (TPSA) is 82.8 Å². The fraction of sp³-hybridized carbons (Fsp3) is 0. The first-order valence-electron chi connectivity index (χ1n) is 5.11. The average molecular weight is 245 g/mol. The maximum Gasteiger partial charge on any atom is 0.222 e. The molecule has 1 aromatic carbocycles. The third kappa shape index (κ3) is 1.71. The molecule has 3 rings (SSSR count). The highest BCUT2D eigenvalue weighted by Crippen LogP contribution is 2.23. The number of anilines is 1. The van der Waals surface area contributed by atoms with Crippen LogP contribution in [-0.4, -0.2) is 19.9 Å². The first-order chi connectivity index (χ1) is 8.74. The van der Waals surface area contributed by atoms with E-state index in [0.717, 1.165) is 0 Å². The highest BCUT2D eigenvalue weighted by molar-refractivity contribution is 5.62. The summed E-state index contributed by atoms with van der Waals surface area (Å²) in [5.74, 6) is -0.245. The average Bonchev–Trinajstić information content (AvgIpc) is 2.99. The molecule has 0 unspecified atom stereocenters. The largest absolute Gasteiger partial charge is 0.368 e. The number of nitrogens with zero attached hydrogens (tertiary/aromatic N) is 4. The normalized spacial score (nSPS) is 10.7. The lowest BCUT2D eigenvalue weighted by Crippen LogP contribution is -1.98. The van der Waals surface area contributed by atoms with Crippen LogP contribution < -0.4 is 5.73 Å². The summed E-state index contributed by atoms with van der Waals surface area (Å²) in [6, 6.07) is 6.17. The lowest BCUT2D eigenvalue weighted by Gasteiger charge is -2.03. The van der Waals surface area contributed by atoms with Crippen LogP contribution >= 0.6 is 0 Å². The summed E-state index contributed by atoms with van der Waals surface area (Å²) < 4.78 is 20.0. The second-order valence-electron chi connectivity index (χ2n) is 3.62. The molecule has 6 nitrogen and oxygen atoms in total. The maximum absolute atomic E-state index is 13.9. The number of halogens is 1. The first-order valence-corrected chi connectivity index (χ1v) is 5.11. The van der Waals surface area contributed by atoms with Crippen molar-refractivity contribution in [2.75, 3.05) is 5.73 Å². The number of benzene rings is 1. The Morgan fingerprint density at radius 3 is 2.78 bits per heavy atom. The summed E-state index contributed by atoms with van der Waals surface area (Å²) in [7, 11) is 0. The first kappa shape index (κ1) is 10.5. The summed E-state index contributed by atoms with van der Waals surface area (Å²) >= 11 is 0. The smallest absolute Gasteiger partial charge is 0.222 e. The molecule has 0 radical (unpaired) electrons. The van der Waals surface area contributed by atoms with Crippen LogP contribution in [0, 0.1) is 5.82 Å². The molecule has 0 saturated heterocycles. The molecule has 0 spiro atoms. The van der Waals surface area contributed by atoms with Crippen LogP contribution in [0.1, 0.15) is 0 Å². The molecule has 0 aliphatic heterocycles. The van der Waals surface area contributed by atoms with Crippen LogP contribution in [0.2, 0.25) is 0 Å². The summed E-state index contributed by atoms with van der Waals surface area (Å²) in [5.41, 5.74) is 6.79. The van der Waals surface area contributed by atoms with Crippen molar-refractivity contribution in [3.8, 4) is 16.9 Å². The zero-order valence-electron chi connectivity index (χ0n) is 9.12. The SMILES string of the molecule is Nc1cc(-c2ccc(-n3cncn3)c(F)c2)no1. The van der Waals surface area contributed by atoms with E-state index in [-0.39, 0.29) is 5.88 Å². The molecular formula is C11H8FN5O. The molecule has 2 heterocycles. The Balaban J connectivity index is 2.04. The minimum absolute atomic E-state index is 0.186. The molecule has 7 heteroatoms.